The number of carbonyl (C=O) groups is 2. The van der Waals surface area contributed by atoms with Crippen molar-refractivity contribution >= 4 is 11.8 Å². The van der Waals surface area contributed by atoms with E-state index < -0.39 is 17.8 Å². The monoisotopic (exact) mass is 410 g/mol. The van der Waals surface area contributed by atoms with E-state index in [0.29, 0.717) is 25.2 Å². The Hall–Kier alpha value is -2.57. The fourth-order valence-electron chi connectivity index (χ4n) is 2.98. The Morgan fingerprint density at radius 2 is 2.21 bits per heavy atom. The third-order valence-electron chi connectivity index (χ3n) is 4.66. The molecule has 0 aromatic heterocycles. The highest BCUT2D eigenvalue weighted by atomic mass is 19.4. The Bertz CT molecular complexity index is 761. The van der Waals surface area contributed by atoms with Crippen molar-refractivity contribution in [3.05, 3.63) is 35.4 Å². The van der Waals surface area contributed by atoms with Gasteiger partial charge in [0.25, 0.3) is 0 Å². The van der Waals surface area contributed by atoms with E-state index in [0.717, 1.165) is 12.1 Å². The van der Waals surface area contributed by atoms with Gasteiger partial charge in [0.05, 0.1) is 24.7 Å². The number of rotatable bonds is 8. The maximum absolute atomic E-state index is 12.8. The van der Waals surface area contributed by atoms with E-state index in [1.165, 1.54) is 11.0 Å². The van der Waals surface area contributed by atoms with Crippen LogP contribution in [0.5, 0.6) is 0 Å². The number of hydrogen-bond donors (Lipinski definition) is 2. The molecule has 0 bridgehead atoms. The zero-order valence-corrected chi connectivity index (χ0v) is 16.3. The number of likely N-dealkylation sites (N-methyl/N-ethyl adjacent to an activating group) is 1. The van der Waals surface area contributed by atoms with Gasteiger partial charge < -0.3 is 15.1 Å². The highest BCUT2D eigenvalue weighted by Crippen LogP contribution is 2.29. The van der Waals surface area contributed by atoms with Crippen molar-refractivity contribution in [1.82, 2.24) is 20.4 Å². The Morgan fingerprint density at radius 3 is 2.83 bits per heavy atom. The molecule has 2 N–H and O–H groups in total. The first-order chi connectivity index (χ1) is 13.7. The first-order valence-corrected chi connectivity index (χ1v) is 9.36. The minimum absolute atomic E-state index is 0.0146. The number of alkyl halides is 3. The summed E-state index contributed by atoms with van der Waals surface area (Å²) in [7, 11) is 0. The summed E-state index contributed by atoms with van der Waals surface area (Å²) in [6, 6.07) is 4.47. The molecule has 2 amide bonds. The molecule has 1 heterocycles. The average molecular weight is 410 g/mol. The van der Waals surface area contributed by atoms with Gasteiger partial charge in [-0.05, 0) is 18.6 Å². The molecular weight excluding hydrogens is 385 g/mol. The average Bonchev–Trinajstić information content (AvgIpc) is 2.69. The Labute approximate surface area is 168 Å². The van der Waals surface area contributed by atoms with Crippen molar-refractivity contribution in [3.63, 3.8) is 0 Å². The molecule has 1 saturated heterocycles. The highest BCUT2D eigenvalue weighted by Gasteiger charge is 2.30. The summed E-state index contributed by atoms with van der Waals surface area (Å²) in [6.07, 6.45) is 1.13. The van der Waals surface area contributed by atoms with Crippen LogP contribution in [0.4, 0.5) is 13.2 Å². The molecule has 1 aliphatic rings. The normalized spacial score (nSPS) is 15.7. The van der Waals surface area contributed by atoms with Crippen molar-refractivity contribution in [2.24, 2.45) is 0 Å². The second-order valence-corrected chi connectivity index (χ2v) is 6.72. The van der Waals surface area contributed by atoms with Crippen LogP contribution in [0.25, 0.3) is 0 Å². The third kappa shape index (κ3) is 6.76. The smallest absolute Gasteiger partial charge is 0.339 e. The number of carbonyl (C=O) groups excluding carboxylic acids is 2. The second kappa shape index (κ2) is 10.3. The van der Waals surface area contributed by atoms with E-state index in [1.807, 2.05) is 0 Å². The van der Waals surface area contributed by atoms with Gasteiger partial charge in [0.15, 0.2) is 0 Å². The lowest BCUT2D eigenvalue weighted by molar-refractivity contribution is -0.141. The number of terminal acetylenes is 1. The number of amides is 2. The largest absolute Gasteiger partial charge is 0.416 e. The van der Waals surface area contributed by atoms with Crippen molar-refractivity contribution in [2.45, 2.75) is 25.7 Å². The van der Waals surface area contributed by atoms with Gasteiger partial charge in [0.2, 0.25) is 11.8 Å². The van der Waals surface area contributed by atoms with Crippen LogP contribution in [0.2, 0.25) is 0 Å². The van der Waals surface area contributed by atoms with E-state index in [4.69, 9.17) is 6.42 Å². The number of piperazine rings is 1. The van der Waals surface area contributed by atoms with Crippen molar-refractivity contribution in [1.29, 1.82) is 0 Å². The second-order valence-electron chi connectivity index (χ2n) is 6.72. The first-order valence-electron chi connectivity index (χ1n) is 9.36. The predicted molar refractivity (Wildman–Crippen MR) is 103 cm³/mol. The molecule has 0 aliphatic carbocycles. The quantitative estimate of drug-likeness (QED) is 0.630. The molecule has 29 heavy (non-hydrogen) atoms. The van der Waals surface area contributed by atoms with Crippen molar-refractivity contribution in [3.8, 4) is 12.3 Å². The summed E-state index contributed by atoms with van der Waals surface area (Å²) in [6.45, 7) is 3.85. The van der Waals surface area contributed by atoms with Crippen LogP contribution in [0.1, 0.15) is 18.1 Å². The van der Waals surface area contributed by atoms with Crippen LogP contribution in [0.3, 0.4) is 0 Å². The molecule has 158 valence electrons. The molecule has 0 radical (unpaired) electrons. The molecule has 2 rings (SSSR count). The summed E-state index contributed by atoms with van der Waals surface area (Å²) < 4.78 is 38.5. The van der Waals surface area contributed by atoms with Gasteiger partial charge in [-0.3, -0.25) is 14.9 Å². The zero-order chi connectivity index (χ0) is 21.4. The molecule has 6 nitrogen and oxygen atoms in total. The predicted octanol–water partition coefficient (Wildman–Crippen LogP) is 1.08. The third-order valence-corrected chi connectivity index (χ3v) is 4.66. The van der Waals surface area contributed by atoms with E-state index >= 15 is 0 Å². The van der Waals surface area contributed by atoms with E-state index in [-0.39, 0.29) is 38.0 Å². The van der Waals surface area contributed by atoms with Gasteiger partial charge in [-0.1, -0.05) is 24.1 Å². The van der Waals surface area contributed by atoms with E-state index in [1.54, 1.807) is 17.9 Å². The van der Waals surface area contributed by atoms with Gasteiger partial charge >= 0.3 is 6.18 Å². The topological polar surface area (TPSA) is 64.7 Å². The van der Waals surface area contributed by atoms with Crippen LogP contribution in [0.15, 0.2) is 24.3 Å². The van der Waals surface area contributed by atoms with Gasteiger partial charge in [-0.2, -0.15) is 13.2 Å². The number of halogens is 3. The fourth-order valence-corrected chi connectivity index (χ4v) is 2.98. The summed E-state index contributed by atoms with van der Waals surface area (Å²) >= 11 is 0. The van der Waals surface area contributed by atoms with Crippen molar-refractivity contribution in [2.75, 3.05) is 39.3 Å². The van der Waals surface area contributed by atoms with Gasteiger partial charge in [0, 0.05) is 32.7 Å². The van der Waals surface area contributed by atoms with Crippen LogP contribution >= 0.6 is 0 Å². The Morgan fingerprint density at radius 1 is 1.45 bits per heavy atom. The van der Waals surface area contributed by atoms with E-state index in [2.05, 4.69) is 16.6 Å². The highest BCUT2D eigenvalue weighted by molar-refractivity contribution is 5.86. The standard InChI is InChI=1S/C20H25F3N4O2/c1-3-17(25-11-15-6-5-7-16(10-15)20(21,22)23)13-26(4-2)19(29)14-27-9-8-24-12-18(27)28/h1,5-7,10,17,24-25H,4,8-9,11-14H2,2H3/t17-/m0/s1. The van der Waals surface area contributed by atoms with Gasteiger partial charge in [-0.25, -0.2) is 0 Å². The molecule has 9 heteroatoms. The van der Waals surface area contributed by atoms with Crippen LogP contribution in [0, 0.1) is 12.3 Å². The fraction of sp³-hybridized carbons (Fsp3) is 0.500. The summed E-state index contributed by atoms with van der Waals surface area (Å²) in [4.78, 5) is 27.4. The van der Waals surface area contributed by atoms with Gasteiger partial charge in [0.1, 0.15) is 0 Å². The lowest BCUT2D eigenvalue weighted by Crippen LogP contribution is -2.53. The first kappa shape index (κ1) is 22.7. The molecule has 0 spiro atoms. The van der Waals surface area contributed by atoms with E-state index in [9.17, 15) is 22.8 Å². The molecule has 1 fully saturated rings. The summed E-state index contributed by atoms with van der Waals surface area (Å²) in [5.41, 5.74) is -0.277. The molecule has 1 aliphatic heterocycles. The molecular formula is C20H25F3N4O2. The Balaban J connectivity index is 1.92. The lowest BCUT2D eigenvalue weighted by Gasteiger charge is -2.30. The summed E-state index contributed by atoms with van der Waals surface area (Å²) in [5, 5.41) is 5.95. The SMILES string of the molecule is C#C[C@@H](CN(CC)C(=O)CN1CCNCC1=O)NCc1cccc(C(F)(F)F)c1. The number of hydrogen-bond acceptors (Lipinski definition) is 4. The molecule has 1 atom stereocenters. The number of nitrogens with one attached hydrogen (secondary N) is 2. The molecule has 1 aromatic carbocycles. The Kier molecular flexibility index (Phi) is 8.05. The van der Waals surface area contributed by atoms with Crippen LogP contribution in [-0.2, 0) is 22.3 Å². The number of nitrogens with zero attached hydrogens (tertiary/aromatic N) is 2. The minimum Gasteiger partial charge on any atom is -0.339 e. The maximum atomic E-state index is 12.8. The number of benzene rings is 1. The lowest BCUT2D eigenvalue weighted by atomic mass is 10.1. The minimum atomic E-state index is -4.41. The molecule has 0 unspecified atom stereocenters. The van der Waals surface area contributed by atoms with Crippen LogP contribution < -0.4 is 10.6 Å². The molecule has 1 aromatic rings. The summed E-state index contributed by atoms with van der Waals surface area (Å²) in [5.74, 6) is 2.18. The zero-order valence-electron chi connectivity index (χ0n) is 16.3. The molecule has 0 saturated carbocycles. The van der Waals surface area contributed by atoms with Crippen molar-refractivity contribution < 1.29 is 22.8 Å². The maximum Gasteiger partial charge on any atom is 0.416 e. The van der Waals surface area contributed by atoms with Gasteiger partial charge in [-0.15, -0.1) is 6.42 Å². The van der Waals surface area contributed by atoms with Crippen LogP contribution in [-0.4, -0.2) is 66.9 Å².